The van der Waals surface area contributed by atoms with Crippen molar-refractivity contribution in [2.75, 3.05) is 14.2 Å². The number of hydrogen-bond donors (Lipinski definition) is 0. The van der Waals surface area contributed by atoms with Crippen molar-refractivity contribution in [3.63, 3.8) is 0 Å². The van der Waals surface area contributed by atoms with E-state index in [2.05, 4.69) is 0 Å². The van der Waals surface area contributed by atoms with Crippen LogP contribution < -0.4 is 9.47 Å². The highest BCUT2D eigenvalue weighted by molar-refractivity contribution is 6.34. The second kappa shape index (κ2) is 5.21. The van der Waals surface area contributed by atoms with Gasteiger partial charge in [-0.15, -0.1) is 11.6 Å². The average molecular weight is 243 g/mol. The van der Waals surface area contributed by atoms with Gasteiger partial charge in [-0.25, -0.2) is 0 Å². The van der Waals surface area contributed by atoms with E-state index in [-0.39, 0.29) is 5.78 Å². The minimum atomic E-state index is -0.568. The Morgan fingerprint density at radius 1 is 1.31 bits per heavy atom. The van der Waals surface area contributed by atoms with Crippen LogP contribution in [0.1, 0.15) is 22.8 Å². The molecule has 0 aromatic heterocycles. The van der Waals surface area contributed by atoms with Crippen LogP contribution in [0.4, 0.5) is 0 Å². The predicted molar refractivity (Wildman–Crippen MR) is 63.9 cm³/mol. The van der Waals surface area contributed by atoms with Gasteiger partial charge in [-0.1, -0.05) is 0 Å². The van der Waals surface area contributed by atoms with Crippen molar-refractivity contribution in [3.05, 3.63) is 23.3 Å². The lowest BCUT2D eigenvalue weighted by molar-refractivity contribution is 0.0988. The summed E-state index contributed by atoms with van der Waals surface area (Å²) in [7, 11) is 3.10. The summed E-state index contributed by atoms with van der Waals surface area (Å²) < 4.78 is 10.4. The van der Waals surface area contributed by atoms with Crippen molar-refractivity contribution < 1.29 is 14.3 Å². The smallest absolute Gasteiger partial charge is 0.184 e. The Kier molecular flexibility index (Phi) is 4.19. The van der Waals surface area contributed by atoms with E-state index in [4.69, 9.17) is 21.1 Å². The SMILES string of the molecule is COc1ccc(C(=O)C(C)Cl)c(OC)c1C. The molecule has 1 atom stereocenters. The van der Waals surface area contributed by atoms with Gasteiger partial charge in [0.05, 0.1) is 25.2 Å². The van der Waals surface area contributed by atoms with E-state index in [9.17, 15) is 4.79 Å². The van der Waals surface area contributed by atoms with E-state index < -0.39 is 5.38 Å². The van der Waals surface area contributed by atoms with Gasteiger partial charge < -0.3 is 9.47 Å². The lowest BCUT2D eigenvalue weighted by Crippen LogP contribution is -2.12. The van der Waals surface area contributed by atoms with Crippen LogP contribution in [0.15, 0.2) is 12.1 Å². The maximum atomic E-state index is 11.8. The number of carbonyl (C=O) groups excluding carboxylic acids is 1. The largest absolute Gasteiger partial charge is 0.496 e. The van der Waals surface area contributed by atoms with Crippen molar-refractivity contribution in [1.82, 2.24) is 0 Å². The summed E-state index contributed by atoms with van der Waals surface area (Å²) in [6.07, 6.45) is 0. The molecule has 0 saturated heterocycles. The first-order chi connectivity index (χ1) is 7.52. The van der Waals surface area contributed by atoms with E-state index in [0.29, 0.717) is 17.1 Å². The fourth-order valence-corrected chi connectivity index (χ4v) is 1.68. The number of benzene rings is 1. The standard InChI is InChI=1S/C12H15ClO3/c1-7-10(15-3)6-5-9(12(7)16-4)11(14)8(2)13/h5-6,8H,1-4H3. The van der Waals surface area contributed by atoms with E-state index >= 15 is 0 Å². The van der Waals surface area contributed by atoms with Crippen LogP contribution in [-0.4, -0.2) is 25.4 Å². The Morgan fingerprint density at radius 3 is 2.38 bits per heavy atom. The van der Waals surface area contributed by atoms with Gasteiger partial charge in [0.25, 0.3) is 0 Å². The number of ketones is 1. The zero-order chi connectivity index (χ0) is 12.3. The van der Waals surface area contributed by atoms with Gasteiger partial charge in [0.2, 0.25) is 0 Å². The number of carbonyl (C=O) groups is 1. The van der Waals surface area contributed by atoms with Crippen molar-refractivity contribution in [1.29, 1.82) is 0 Å². The number of Topliss-reactive ketones (excluding diaryl/α,β-unsaturated/α-hetero) is 1. The Labute approximate surface area is 100 Å². The zero-order valence-electron chi connectivity index (χ0n) is 9.83. The fourth-order valence-electron chi connectivity index (χ4n) is 1.57. The summed E-state index contributed by atoms with van der Waals surface area (Å²) in [5.41, 5.74) is 1.29. The number of alkyl halides is 1. The molecule has 0 radical (unpaired) electrons. The number of ether oxygens (including phenoxy) is 2. The molecule has 0 N–H and O–H groups in total. The quantitative estimate of drug-likeness (QED) is 0.602. The summed E-state index contributed by atoms with van der Waals surface area (Å²) in [4.78, 5) is 11.8. The summed E-state index contributed by atoms with van der Waals surface area (Å²) in [6, 6.07) is 3.41. The molecular weight excluding hydrogens is 228 g/mol. The van der Waals surface area contributed by atoms with Gasteiger partial charge in [-0.3, -0.25) is 4.79 Å². The van der Waals surface area contributed by atoms with E-state index in [0.717, 1.165) is 5.56 Å². The van der Waals surface area contributed by atoms with Gasteiger partial charge in [-0.05, 0) is 26.0 Å². The number of rotatable bonds is 4. The fraction of sp³-hybridized carbons (Fsp3) is 0.417. The van der Waals surface area contributed by atoms with Crippen molar-refractivity contribution in [2.45, 2.75) is 19.2 Å². The maximum absolute atomic E-state index is 11.8. The molecular formula is C12H15ClO3. The topological polar surface area (TPSA) is 35.5 Å². The van der Waals surface area contributed by atoms with Crippen LogP contribution >= 0.6 is 11.6 Å². The molecule has 0 fully saturated rings. The third-order valence-electron chi connectivity index (χ3n) is 2.41. The average Bonchev–Trinajstić information content (AvgIpc) is 2.27. The molecule has 0 aliphatic rings. The molecule has 3 nitrogen and oxygen atoms in total. The summed E-state index contributed by atoms with van der Waals surface area (Å²) in [5, 5.41) is -0.568. The third kappa shape index (κ3) is 2.30. The summed E-state index contributed by atoms with van der Waals surface area (Å²) in [5.74, 6) is 1.07. The molecule has 1 unspecified atom stereocenters. The minimum Gasteiger partial charge on any atom is -0.496 e. The second-order valence-electron chi connectivity index (χ2n) is 3.45. The minimum absolute atomic E-state index is 0.149. The highest BCUT2D eigenvalue weighted by Gasteiger charge is 2.20. The highest BCUT2D eigenvalue weighted by Crippen LogP contribution is 2.32. The summed E-state index contributed by atoms with van der Waals surface area (Å²) >= 11 is 5.78. The molecule has 16 heavy (non-hydrogen) atoms. The Morgan fingerprint density at radius 2 is 1.94 bits per heavy atom. The first kappa shape index (κ1) is 12.8. The molecule has 1 aromatic carbocycles. The molecule has 0 amide bonds. The lowest BCUT2D eigenvalue weighted by Gasteiger charge is -2.14. The lowest BCUT2D eigenvalue weighted by atomic mass is 10.0. The molecule has 88 valence electrons. The first-order valence-electron chi connectivity index (χ1n) is 4.92. The van der Waals surface area contributed by atoms with Crippen LogP contribution in [0.3, 0.4) is 0 Å². The molecule has 0 spiro atoms. The van der Waals surface area contributed by atoms with Crippen molar-refractivity contribution in [3.8, 4) is 11.5 Å². The monoisotopic (exact) mass is 242 g/mol. The van der Waals surface area contributed by atoms with Gasteiger partial charge in [0.1, 0.15) is 11.5 Å². The van der Waals surface area contributed by atoms with Crippen LogP contribution in [0.5, 0.6) is 11.5 Å². The van der Waals surface area contributed by atoms with Gasteiger partial charge >= 0.3 is 0 Å². The van der Waals surface area contributed by atoms with Gasteiger partial charge in [-0.2, -0.15) is 0 Å². The Bertz CT molecular complexity index is 399. The molecule has 0 saturated carbocycles. The number of hydrogen-bond acceptors (Lipinski definition) is 3. The second-order valence-corrected chi connectivity index (χ2v) is 4.11. The van der Waals surface area contributed by atoms with Crippen molar-refractivity contribution >= 4 is 17.4 Å². The molecule has 4 heteroatoms. The normalized spacial score (nSPS) is 12.1. The number of methoxy groups -OCH3 is 2. The molecule has 0 heterocycles. The predicted octanol–water partition coefficient (Wildman–Crippen LogP) is 2.82. The Balaban J connectivity index is 3.31. The highest BCUT2D eigenvalue weighted by atomic mass is 35.5. The van der Waals surface area contributed by atoms with Gasteiger partial charge in [0.15, 0.2) is 5.78 Å². The van der Waals surface area contributed by atoms with Crippen molar-refractivity contribution in [2.24, 2.45) is 0 Å². The maximum Gasteiger partial charge on any atom is 0.184 e. The van der Waals surface area contributed by atoms with Crippen LogP contribution in [0.2, 0.25) is 0 Å². The van der Waals surface area contributed by atoms with E-state index in [1.165, 1.54) is 7.11 Å². The van der Waals surface area contributed by atoms with Crippen LogP contribution in [0.25, 0.3) is 0 Å². The first-order valence-corrected chi connectivity index (χ1v) is 5.36. The molecule has 1 aromatic rings. The number of halogens is 1. The third-order valence-corrected chi connectivity index (χ3v) is 2.61. The van der Waals surface area contributed by atoms with Gasteiger partial charge in [0, 0.05) is 5.56 Å². The van der Waals surface area contributed by atoms with Crippen LogP contribution in [-0.2, 0) is 0 Å². The van der Waals surface area contributed by atoms with E-state index in [1.54, 1.807) is 26.2 Å². The van der Waals surface area contributed by atoms with E-state index in [1.807, 2.05) is 6.92 Å². The molecule has 0 aliphatic carbocycles. The summed E-state index contributed by atoms with van der Waals surface area (Å²) in [6.45, 7) is 3.48. The zero-order valence-corrected chi connectivity index (χ0v) is 10.6. The molecule has 1 rings (SSSR count). The van der Waals surface area contributed by atoms with Crippen LogP contribution in [0, 0.1) is 6.92 Å². The molecule has 0 aliphatic heterocycles. The Hall–Kier alpha value is -1.22. The molecule has 0 bridgehead atoms.